The Morgan fingerprint density at radius 2 is 1.89 bits per heavy atom. The molecule has 0 aromatic rings. The molecule has 0 aliphatic rings. The van der Waals surface area contributed by atoms with Crippen LogP contribution < -0.4 is 15.9 Å². The maximum absolute atomic E-state index is 5.19. The molecule has 9 heavy (non-hydrogen) atoms. The molecule has 0 fully saturated rings. The van der Waals surface area contributed by atoms with Gasteiger partial charge >= 0.3 is 0 Å². The first-order valence-corrected chi connectivity index (χ1v) is 3.04. The van der Waals surface area contributed by atoms with Gasteiger partial charge in [-0.1, -0.05) is 0 Å². The summed E-state index contributed by atoms with van der Waals surface area (Å²) in [6.45, 7) is 3.20. The van der Waals surface area contributed by atoms with Crippen LogP contribution in [0, 0.1) is 0 Å². The molecule has 0 saturated carbocycles. The van der Waals surface area contributed by atoms with Crippen molar-refractivity contribution in [2.75, 3.05) is 26.2 Å². The molecule has 0 amide bonds. The molecule has 0 aliphatic heterocycles. The number of nitrogens with one attached hydrogen (secondary N) is 2. The van der Waals surface area contributed by atoms with Crippen molar-refractivity contribution in [3.63, 3.8) is 0 Å². The second-order valence-electron chi connectivity index (χ2n) is 1.42. The molecule has 60 valence electrons. The molecule has 0 aliphatic carbocycles. The predicted molar refractivity (Wildman–Crippen MR) is 35.8 cm³/mol. The van der Waals surface area contributed by atoms with Crippen LogP contribution >= 0.6 is 11.8 Å². The Kier molecular flexibility index (Phi) is 16.2. The molecular weight excluding hydrogens is 321 g/mol. The van der Waals surface area contributed by atoms with Crippen molar-refractivity contribution < 1.29 is 21.1 Å². The van der Waals surface area contributed by atoms with E-state index in [1.165, 1.54) is 0 Å². The minimum Gasteiger partial charge on any atom is -0.329 e. The van der Waals surface area contributed by atoms with Crippen molar-refractivity contribution in [2.45, 2.75) is 0 Å². The Morgan fingerprint density at radius 3 is 2.33 bits per heavy atom. The summed E-state index contributed by atoms with van der Waals surface area (Å²) in [5.41, 5.74) is 5.19. The fourth-order valence-corrected chi connectivity index (χ4v) is 0.457. The third-order valence-electron chi connectivity index (χ3n) is 0.717. The number of rotatable bonds is 5. The normalized spacial score (nSPS) is 8.67. The van der Waals surface area contributed by atoms with Gasteiger partial charge in [-0.3, -0.25) is 0 Å². The van der Waals surface area contributed by atoms with E-state index < -0.39 is 0 Å². The van der Waals surface area contributed by atoms with Crippen LogP contribution in [0.25, 0.3) is 0 Å². The molecule has 0 saturated heterocycles. The molecule has 4 N–H and O–H groups in total. The van der Waals surface area contributed by atoms with E-state index in [0.717, 1.165) is 19.6 Å². The molecule has 3 nitrogen and oxygen atoms in total. The van der Waals surface area contributed by atoms with E-state index in [2.05, 4.69) is 10.2 Å². The van der Waals surface area contributed by atoms with Crippen molar-refractivity contribution >= 4 is 11.8 Å². The Bertz CT molecular complexity index is 40.8. The van der Waals surface area contributed by atoms with Gasteiger partial charge in [0.2, 0.25) is 0 Å². The zero-order valence-corrected chi connectivity index (χ0v) is 8.13. The van der Waals surface area contributed by atoms with Gasteiger partial charge in [-0.05, 0) is 11.8 Å². The Morgan fingerprint density at radius 1 is 1.22 bits per heavy atom. The number of halogens is 1. The van der Waals surface area contributed by atoms with E-state index >= 15 is 0 Å². The van der Waals surface area contributed by atoms with Gasteiger partial charge in [0.1, 0.15) is 0 Å². The van der Waals surface area contributed by atoms with Crippen LogP contribution in [0.4, 0.5) is 0 Å². The zero-order chi connectivity index (χ0) is 6.24. The van der Waals surface area contributed by atoms with E-state index in [1.807, 2.05) is 0 Å². The summed E-state index contributed by atoms with van der Waals surface area (Å²) in [6.07, 6.45) is 0. The first-order valence-electron chi connectivity index (χ1n) is 2.66. The standard InChI is InChI=1S/C4H12ClN3.Pt/c5-8-4-3-7-2-1-6;/h7-8H,1-4,6H2;. The molecule has 0 atom stereocenters. The monoisotopic (exact) mass is 332 g/mol. The van der Waals surface area contributed by atoms with Crippen molar-refractivity contribution in [1.82, 2.24) is 10.2 Å². The van der Waals surface area contributed by atoms with E-state index in [0.29, 0.717) is 6.54 Å². The van der Waals surface area contributed by atoms with Gasteiger partial charge in [-0.25, -0.2) is 4.84 Å². The SMILES string of the molecule is NCCNCCNCl.[Pt]. The van der Waals surface area contributed by atoms with Crippen LogP contribution in [0.15, 0.2) is 0 Å². The molecule has 0 unspecified atom stereocenters. The topological polar surface area (TPSA) is 50.1 Å². The summed E-state index contributed by atoms with van der Waals surface area (Å²) in [4.78, 5) is 2.50. The fourth-order valence-electron chi connectivity index (χ4n) is 0.363. The smallest absolute Gasteiger partial charge is 0.0233 e. The van der Waals surface area contributed by atoms with E-state index in [9.17, 15) is 0 Å². The molecular formula is C4H12ClN3Pt. The van der Waals surface area contributed by atoms with Gasteiger partial charge in [0, 0.05) is 47.2 Å². The first kappa shape index (κ1) is 12.5. The molecule has 0 heterocycles. The van der Waals surface area contributed by atoms with Gasteiger partial charge in [0.25, 0.3) is 0 Å². The van der Waals surface area contributed by atoms with E-state index in [4.69, 9.17) is 17.5 Å². The van der Waals surface area contributed by atoms with Gasteiger partial charge < -0.3 is 11.1 Å². The minimum atomic E-state index is 0. The molecule has 0 rings (SSSR count). The number of hydrogen-bond donors (Lipinski definition) is 3. The zero-order valence-electron chi connectivity index (χ0n) is 5.10. The van der Waals surface area contributed by atoms with Crippen molar-refractivity contribution in [1.29, 1.82) is 0 Å². The maximum atomic E-state index is 5.19. The third kappa shape index (κ3) is 12.1. The average Bonchev–Trinajstić information content (AvgIpc) is 1.81. The second kappa shape index (κ2) is 11.6. The number of nitrogens with two attached hydrogens (primary N) is 1. The summed E-state index contributed by atoms with van der Waals surface area (Å²) >= 11 is 5.16. The molecule has 0 bridgehead atoms. The van der Waals surface area contributed by atoms with Crippen molar-refractivity contribution in [2.24, 2.45) is 5.73 Å². The predicted octanol–water partition coefficient (Wildman–Crippen LogP) is -0.724. The van der Waals surface area contributed by atoms with Crippen LogP contribution in [0.3, 0.4) is 0 Å². The number of hydrogen-bond acceptors (Lipinski definition) is 3. The minimum absolute atomic E-state index is 0. The third-order valence-corrected chi connectivity index (χ3v) is 0.906. The Hall–Kier alpha value is 0.858. The van der Waals surface area contributed by atoms with Crippen LogP contribution in [-0.4, -0.2) is 26.2 Å². The molecule has 5 heteroatoms. The largest absolute Gasteiger partial charge is 0.329 e. The first-order chi connectivity index (χ1) is 3.91. The van der Waals surface area contributed by atoms with Crippen LogP contribution in [0.1, 0.15) is 0 Å². The Labute approximate surface area is 75.1 Å². The summed E-state index contributed by atoms with van der Waals surface area (Å²) < 4.78 is 0. The summed E-state index contributed by atoms with van der Waals surface area (Å²) in [5.74, 6) is 0. The molecule has 0 aromatic carbocycles. The average molecular weight is 333 g/mol. The quantitative estimate of drug-likeness (QED) is 0.460. The van der Waals surface area contributed by atoms with E-state index in [1.54, 1.807) is 0 Å². The van der Waals surface area contributed by atoms with Crippen LogP contribution in [-0.2, 0) is 21.1 Å². The van der Waals surface area contributed by atoms with Crippen LogP contribution in [0.2, 0.25) is 0 Å². The second-order valence-corrected chi connectivity index (χ2v) is 1.69. The van der Waals surface area contributed by atoms with E-state index in [-0.39, 0.29) is 21.1 Å². The van der Waals surface area contributed by atoms with Gasteiger partial charge in [0.05, 0.1) is 0 Å². The van der Waals surface area contributed by atoms with Gasteiger partial charge in [-0.2, -0.15) is 0 Å². The van der Waals surface area contributed by atoms with Gasteiger partial charge in [-0.15, -0.1) is 0 Å². The van der Waals surface area contributed by atoms with Gasteiger partial charge in [0.15, 0.2) is 0 Å². The molecule has 0 spiro atoms. The molecule has 0 aromatic heterocycles. The van der Waals surface area contributed by atoms with Crippen molar-refractivity contribution in [3.05, 3.63) is 0 Å². The summed E-state index contributed by atoms with van der Waals surface area (Å²) in [7, 11) is 0. The fraction of sp³-hybridized carbons (Fsp3) is 1.00. The summed E-state index contributed by atoms with van der Waals surface area (Å²) in [6, 6.07) is 0. The Balaban J connectivity index is 0. The maximum Gasteiger partial charge on any atom is 0.0233 e. The van der Waals surface area contributed by atoms with Crippen LogP contribution in [0.5, 0.6) is 0 Å². The summed E-state index contributed by atoms with van der Waals surface area (Å²) in [5, 5.41) is 3.06. The van der Waals surface area contributed by atoms with Crippen molar-refractivity contribution in [3.8, 4) is 0 Å². The molecule has 0 radical (unpaired) electrons.